The normalized spacial score (nSPS) is 12.0. The average molecular weight is 236 g/mol. The van der Waals surface area contributed by atoms with Crippen LogP contribution in [0.1, 0.15) is 5.56 Å². The van der Waals surface area contributed by atoms with Crippen LogP contribution < -0.4 is 5.32 Å². The predicted octanol–water partition coefficient (Wildman–Crippen LogP) is 3.87. The van der Waals surface area contributed by atoms with Crippen LogP contribution in [0.4, 0.5) is 18.9 Å². The Morgan fingerprint density at radius 3 is 2.27 bits per heavy atom. The third kappa shape index (κ3) is 3.83. The van der Waals surface area contributed by atoms with E-state index in [1.807, 2.05) is 0 Å². The molecule has 0 amide bonds. The zero-order valence-corrected chi connectivity index (χ0v) is 8.44. The lowest BCUT2D eigenvalue weighted by Crippen LogP contribution is -2.05. The van der Waals surface area contributed by atoms with E-state index in [0.717, 1.165) is 12.1 Å². The van der Waals surface area contributed by atoms with E-state index in [1.54, 1.807) is 6.08 Å². The highest BCUT2D eigenvalue weighted by atomic mass is 35.5. The molecule has 82 valence electrons. The van der Waals surface area contributed by atoms with Gasteiger partial charge in [0.1, 0.15) is 0 Å². The summed E-state index contributed by atoms with van der Waals surface area (Å²) in [6, 6.07) is 4.83. The standard InChI is InChI=1S/C10H9ClF3N/c11-6-1-7-15-9-4-2-8(3-5-9)10(12,13)14/h1-6,15H,7H2/b6-1+. The first-order valence-electron chi connectivity index (χ1n) is 4.20. The van der Waals surface area contributed by atoms with Gasteiger partial charge in [0.15, 0.2) is 0 Å². The largest absolute Gasteiger partial charge is 0.416 e. The van der Waals surface area contributed by atoms with Crippen molar-refractivity contribution in [2.24, 2.45) is 0 Å². The molecule has 0 spiro atoms. The molecule has 1 N–H and O–H groups in total. The highest BCUT2D eigenvalue weighted by Crippen LogP contribution is 2.29. The molecule has 0 saturated carbocycles. The van der Waals surface area contributed by atoms with Crippen molar-refractivity contribution in [1.82, 2.24) is 0 Å². The quantitative estimate of drug-likeness (QED) is 0.839. The maximum atomic E-state index is 12.2. The van der Waals surface area contributed by atoms with E-state index in [4.69, 9.17) is 11.6 Å². The number of alkyl halides is 3. The van der Waals surface area contributed by atoms with Crippen LogP contribution in [0.2, 0.25) is 0 Å². The van der Waals surface area contributed by atoms with E-state index in [1.165, 1.54) is 17.7 Å². The molecule has 0 bridgehead atoms. The predicted molar refractivity (Wildman–Crippen MR) is 54.9 cm³/mol. The van der Waals surface area contributed by atoms with Gasteiger partial charge in [-0.3, -0.25) is 0 Å². The van der Waals surface area contributed by atoms with Gasteiger partial charge in [-0.05, 0) is 24.3 Å². The fraction of sp³-hybridized carbons (Fsp3) is 0.200. The minimum Gasteiger partial charge on any atom is -0.382 e. The van der Waals surface area contributed by atoms with E-state index >= 15 is 0 Å². The SMILES string of the molecule is FC(F)(F)c1ccc(NC/C=C/Cl)cc1. The summed E-state index contributed by atoms with van der Waals surface area (Å²) in [5.41, 5.74) is 1.32. The number of nitrogens with one attached hydrogen (secondary N) is 1. The summed E-state index contributed by atoms with van der Waals surface area (Å²) in [5.74, 6) is 0. The third-order valence-corrected chi connectivity index (χ3v) is 1.90. The van der Waals surface area contributed by atoms with E-state index in [0.29, 0.717) is 12.2 Å². The van der Waals surface area contributed by atoms with Crippen LogP contribution in [0.15, 0.2) is 35.9 Å². The fourth-order valence-corrected chi connectivity index (χ4v) is 1.09. The van der Waals surface area contributed by atoms with Gasteiger partial charge in [0.25, 0.3) is 0 Å². The highest BCUT2D eigenvalue weighted by molar-refractivity contribution is 6.25. The number of anilines is 1. The van der Waals surface area contributed by atoms with Crippen LogP contribution in [0.3, 0.4) is 0 Å². The summed E-state index contributed by atoms with van der Waals surface area (Å²) in [6.45, 7) is 0.481. The Balaban J connectivity index is 2.64. The lowest BCUT2D eigenvalue weighted by atomic mass is 10.2. The van der Waals surface area contributed by atoms with Crippen molar-refractivity contribution in [3.63, 3.8) is 0 Å². The van der Waals surface area contributed by atoms with Crippen molar-refractivity contribution >= 4 is 17.3 Å². The number of rotatable bonds is 3. The second-order valence-electron chi connectivity index (χ2n) is 2.82. The molecule has 0 aliphatic rings. The molecule has 1 nitrogen and oxygen atoms in total. The second-order valence-corrected chi connectivity index (χ2v) is 3.07. The Labute approximate surface area is 90.6 Å². The first-order chi connectivity index (χ1) is 7.04. The molecular weight excluding hydrogens is 227 g/mol. The maximum Gasteiger partial charge on any atom is 0.416 e. The van der Waals surface area contributed by atoms with Crippen molar-refractivity contribution in [3.05, 3.63) is 41.4 Å². The molecule has 1 rings (SSSR count). The molecule has 1 aromatic rings. The van der Waals surface area contributed by atoms with Gasteiger partial charge in [-0.1, -0.05) is 17.7 Å². The van der Waals surface area contributed by atoms with Crippen LogP contribution in [-0.2, 0) is 6.18 Å². The molecule has 0 aliphatic carbocycles. The average Bonchev–Trinajstić information content (AvgIpc) is 2.18. The Morgan fingerprint density at radius 1 is 1.20 bits per heavy atom. The van der Waals surface area contributed by atoms with Gasteiger partial charge in [-0.25, -0.2) is 0 Å². The van der Waals surface area contributed by atoms with Crippen LogP contribution in [0.5, 0.6) is 0 Å². The summed E-state index contributed by atoms with van der Waals surface area (Å²) in [7, 11) is 0. The van der Waals surface area contributed by atoms with E-state index < -0.39 is 11.7 Å². The molecule has 0 saturated heterocycles. The summed E-state index contributed by atoms with van der Waals surface area (Å²) in [4.78, 5) is 0. The second kappa shape index (κ2) is 5.07. The van der Waals surface area contributed by atoms with Gasteiger partial charge in [-0.15, -0.1) is 0 Å². The van der Waals surface area contributed by atoms with Crippen molar-refractivity contribution < 1.29 is 13.2 Å². The van der Waals surface area contributed by atoms with Crippen molar-refractivity contribution in [1.29, 1.82) is 0 Å². The smallest absolute Gasteiger partial charge is 0.382 e. The highest BCUT2D eigenvalue weighted by Gasteiger charge is 2.29. The summed E-state index contributed by atoms with van der Waals surface area (Å²) < 4.78 is 36.5. The van der Waals surface area contributed by atoms with Crippen molar-refractivity contribution in [2.75, 3.05) is 11.9 Å². The lowest BCUT2D eigenvalue weighted by molar-refractivity contribution is -0.137. The molecule has 0 fully saturated rings. The van der Waals surface area contributed by atoms with Gasteiger partial charge in [0, 0.05) is 17.8 Å². The number of halogens is 4. The first kappa shape index (κ1) is 11.9. The van der Waals surface area contributed by atoms with Gasteiger partial charge in [0.2, 0.25) is 0 Å². The monoisotopic (exact) mass is 235 g/mol. The number of hydrogen-bond acceptors (Lipinski definition) is 1. The van der Waals surface area contributed by atoms with Crippen LogP contribution in [-0.4, -0.2) is 6.54 Å². The Morgan fingerprint density at radius 2 is 1.80 bits per heavy atom. The molecular formula is C10H9ClF3N. The van der Waals surface area contributed by atoms with Crippen LogP contribution >= 0.6 is 11.6 Å². The zero-order chi connectivity index (χ0) is 11.3. The molecule has 0 aromatic heterocycles. The minimum atomic E-state index is -4.28. The Kier molecular flexibility index (Phi) is 4.03. The van der Waals surface area contributed by atoms with Gasteiger partial charge < -0.3 is 5.32 Å². The van der Waals surface area contributed by atoms with Crippen molar-refractivity contribution in [3.8, 4) is 0 Å². The van der Waals surface area contributed by atoms with Gasteiger partial charge in [-0.2, -0.15) is 13.2 Å². The van der Waals surface area contributed by atoms with Crippen LogP contribution in [0, 0.1) is 0 Å². The van der Waals surface area contributed by atoms with E-state index in [-0.39, 0.29) is 0 Å². The molecule has 0 unspecified atom stereocenters. The van der Waals surface area contributed by atoms with Crippen molar-refractivity contribution in [2.45, 2.75) is 6.18 Å². The first-order valence-corrected chi connectivity index (χ1v) is 4.64. The number of benzene rings is 1. The lowest BCUT2D eigenvalue weighted by Gasteiger charge is -2.08. The molecule has 5 heteroatoms. The van der Waals surface area contributed by atoms with E-state index in [2.05, 4.69) is 5.32 Å². The third-order valence-electron chi connectivity index (χ3n) is 1.73. The van der Waals surface area contributed by atoms with E-state index in [9.17, 15) is 13.2 Å². The zero-order valence-electron chi connectivity index (χ0n) is 7.68. The minimum absolute atomic E-state index is 0.481. The topological polar surface area (TPSA) is 12.0 Å². The van der Waals surface area contributed by atoms with Crippen LogP contribution in [0.25, 0.3) is 0 Å². The van der Waals surface area contributed by atoms with Gasteiger partial charge in [0.05, 0.1) is 5.56 Å². The fourth-order valence-electron chi connectivity index (χ4n) is 0.998. The molecule has 0 atom stereocenters. The summed E-state index contributed by atoms with van der Waals surface area (Å²) in [5, 5.41) is 2.89. The molecule has 0 heterocycles. The van der Waals surface area contributed by atoms with Gasteiger partial charge >= 0.3 is 6.18 Å². The maximum absolute atomic E-state index is 12.2. The summed E-state index contributed by atoms with van der Waals surface area (Å²) >= 11 is 5.28. The molecule has 0 aliphatic heterocycles. The molecule has 15 heavy (non-hydrogen) atoms. The Hall–Kier alpha value is -1.16. The molecule has 0 radical (unpaired) electrons. The molecule has 1 aromatic carbocycles. The Bertz CT molecular complexity index is 330. The summed E-state index contributed by atoms with van der Waals surface area (Å²) in [6.07, 6.45) is -2.63. The number of hydrogen-bond donors (Lipinski definition) is 1.